The van der Waals surface area contributed by atoms with E-state index in [2.05, 4.69) is 0 Å². The van der Waals surface area contributed by atoms with E-state index in [-0.39, 0.29) is 5.91 Å². The van der Waals surface area contributed by atoms with Crippen molar-refractivity contribution < 1.29 is 14.3 Å². The lowest BCUT2D eigenvalue weighted by atomic mass is 9.89. The van der Waals surface area contributed by atoms with Crippen LogP contribution in [0.3, 0.4) is 0 Å². The molecule has 5 nitrogen and oxygen atoms in total. The summed E-state index contributed by atoms with van der Waals surface area (Å²) in [6.07, 6.45) is 6.49. The largest absolute Gasteiger partial charge is 0.497 e. The molecular formula is C20H32N2O3. The third kappa shape index (κ3) is 5.92. The molecule has 0 bridgehead atoms. The van der Waals surface area contributed by atoms with Crippen LogP contribution < -0.4 is 9.47 Å². The molecule has 1 aromatic rings. The van der Waals surface area contributed by atoms with E-state index in [0.29, 0.717) is 19.0 Å². The summed E-state index contributed by atoms with van der Waals surface area (Å²) in [4.78, 5) is 16.4. The number of likely N-dealkylation sites (N-methyl/N-ethyl adjacent to an activating group) is 2. The van der Waals surface area contributed by atoms with Gasteiger partial charge in [0.25, 0.3) is 0 Å². The number of nitrogens with zero attached hydrogens (tertiary/aromatic N) is 2. The van der Waals surface area contributed by atoms with Crippen LogP contribution in [0, 0.1) is 5.92 Å². The first-order valence-corrected chi connectivity index (χ1v) is 9.17. The topological polar surface area (TPSA) is 42.0 Å². The van der Waals surface area contributed by atoms with Crippen molar-refractivity contribution in [1.82, 2.24) is 9.80 Å². The minimum absolute atomic E-state index is 0.181. The molecule has 140 valence electrons. The van der Waals surface area contributed by atoms with Gasteiger partial charge in [0.15, 0.2) is 0 Å². The molecule has 1 fully saturated rings. The average Bonchev–Trinajstić information content (AvgIpc) is 2.62. The van der Waals surface area contributed by atoms with Crippen LogP contribution in [-0.2, 0) is 11.3 Å². The number of benzene rings is 1. The Labute approximate surface area is 151 Å². The number of hydrogen-bond acceptors (Lipinski definition) is 4. The van der Waals surface area contributed by atoms with Crippen LogP contribution in [0.15, 0.2) is 18.2 Å². The fraction of sp³-hybridized carbons (Fsp3) is 0.650. The average molecular weight is 348 g/mol. The molecule has 1 amide bonds. The van der Waals surface area contributed by atoms with Crippen LogP contribution >= 0.6 is 0 Å². The fourth-order valence-corrected chi connectivity index (χ4v) is 3.54. The van der Waals surface area contributed by atoms with Crippen LogP contribution in [-0.4, -0.2) is 57.1 Å². The van der Waals surface area contributed by atoms with E-state index < -0.39 is 0 Å². The Morgan fingerprint density at radius 2 is 1.84 bits per heavy atom. The Kier molecular flexibility index (Phi) is 7.56. The molecule has 1 saturated carbocycles. The van der Waals surface area contributed by atoms with Gasteiger partial charge >= 0.3 is 0 Å². The molecule has 0 spiro atoms. The molecule has 0 radical (unpaired) electrons. The van der Waals surface area contributed by atoms with Gasteiger partial charge in [-0.25, -0.2) is 0 Å². The van der Waals surface area contributed by atoms with Crippen LogP contribution in [0.25, 0.3) is 0 Å². The molecule has 25 heavy (non-hydrogen) atoms. The third-order valence-electron chi connectivity index (χ3n) is 5.02. The van der Waals surface area contributed by atoms with Crippen molar-refractivity contribution in [3.8, 4) is 11.5 Å². The number of ether oxygens (including phenoxy) is 2. The lowest BCUT2D eigenvalue weighted by Gasteiger charge is -2.28. The number of amides is 1. The van der Waals surface area contributed by atoms with E-state index in [9.17, 15) is 4.79 Å². The summed E-state index contributed by atoms with van der Waals surface area (Å²) in [5, 5.41) is 0. The quantitative estimate of drug-likeness (QED) is 0.724. The molecule has 0 saturated heterocycles. The molecule has 1 aliphatic carbocycles. The molecule has 0 aliphatic heterocycles. The maximum Gasteiger partial charge on any atom is 0.236 e. The summed E-state index contributed by atoms with van der Waals surface area (Å²) in [7, 11) is 7.19. The number of carbonyl (C=O) groups excluding carboxylic acids is 1. The molecular weight excluding hydrogens is 316 g/mol. The van der Waals surface area contributed by atoms with E-state index in [4.69, 9.17) is 9.47 Å². The standard InChI is InChI=1S/C20H32N2O3/c1-21(14-17-10-11-18(24-3)12-19(17)25-4)15-20(23)22(2)13-16-8-6-5-7-9-16/h10-12,16H,5-9,13-15H2,1-4H3. The number of methoxy groups -OCH3 is 2. The molecule has 0 aromatic heterocycles. The zero-order valence-corrected chi connectivity index (χ0v) is 16.1. The Hall–Kier alpha value is -1.75. The third-order valence-corrected chi connectivity index (χ3v) is 5.02. The van der Waals surface area contributed by atoms with Gasteiger partial charge in [-0.3, -0.25) is 9.69 Å². The van der Waals surface area contributed by atoms with Crippen molar-refractivity contribution >= 4 is 5.91 Å². The van der Waals surface area contributed by atoms with Crippen LogP contribution in [0.4, 0.5) is 0 Å². The maximum atomic E-state index is 12.5. The molecule has 0 unspecified atom stereocenters. The van der Waals surface area contributed by atoms with Gasteiger partial charge in [-0.1, -0.05) is 25.3 Å². The molecule has 1 aliphatic rings. The van der Waals surface area contributed by atoms with E-state index in [1.165, 1.54) is 32.1 Å². The first-order chi connectivity index (χ1) is 12.0. The first-order valence-electron chi connectivity index (χ1n) is 9.17. The molecule has 0 heterocycles. The summed E-state index contributed by atoms with van der Waals surface area (Å²) in [5.41, 5.74) is 1.05. The van der Waals surface area contributed by atoms with Crippen molar-refractivity contribution in [3.63, 3.8) is 0 Å². The number of hydrogen-bond donors (Lipinski definition) is 0. The van der Waals surface area contributed by atoms with Crippen molar-refractivity contribution in [2.24, 2.45) is 5.92 Å². The Balaban J connectivity index is 1.86. The molecule has 0 N–H and O–H groups in total. The summed E-state index contributed by atoms with van der Waals surface area (Å²) in [6.45, 7) is 1.97. The van der Waals surface area contributed by atoms with Gasteiger partial charge in [-0.15, -0.1) is 0 Å². The monoisotopic (exact) mass is 348 g/mol. The Morgan fingerprint density at radius 1 is 1.12 bits per heavy atom. The second kappa shape index (κ2) is 9.66. The summed E-state index contributed by atoms with van der Waals surface area (Å²) < 4.78 is 10.7. The van der Waals surface area contributed by atoms with Gasteiger partial charge < -0.3 is 14.4 Å². The summed E-state index contributed by atoms with van der Waals surface area (Å²) >= 11 is 0. The molecule has 0 atom stereocenters. The smallest absolute Gasteiger partial charge is 0.236 e. The fourth-order valence-electron chi connectivity index (χ4n) is 3.54. The van der Waals surface area contributed by atoms with Gasteiger partial charge in [0, 0.05) is 31.8 Å². The van der Waals surface area contributed by atoms with Crippen molar-refractivity contribution in [2.45, 2.75) is 38.6 Å². The van der Waals surface area contributed by atoms with Gasteiger partial charge in [0.2, 0.25) is 5.91 Å². The van der Waals surface area contributed by atoms with Gasteiger partial charge in [-0.05, 0) is 31.9 Å². The van der Waals surface area contributed by atoms with E-state index in [1.807, 2.05) is 42.1 Å². The van der Waals surface area contributed by atoms with Crippen LogP contribution in [0.2, 0.25) is 0 Å². The zero-order valence-electron chi connectivity index (χ0n) is 16.1. The van der Waals surface area contributed by atoms with Gasteiger partial charge in [0.05, 0.1) is 20.8 Å². The zero-order chi connectivity index (χ0) is 18.2. The normalized spacial score (nSPS) is 15.2. The Bertz CT molecular complexity index is 556. The van der Waals surface area contributed by atoms with E-state index in [0.717, 1.165) is 23.6 Å². The lowest BCUT2D eigenvalue weighted by Crippen LogP contribution is -2.39. The minimum Gasteiger partial charge on any atom is -0.497 e. The van der Waals surface area contributed by atoms with Crippen molar-refractivity contribution in [1.29, 1.82) is 0 Å². The molecule has 2 rings (SSSR count). The minimum atomic E-state index is 0.181. The van der Waals surface area contributed by atoms with Crippen LogP contribution in [0.5, 0.6) is 11.5 Å². The second-order valence-electron chi connectivity index (χ2n) is 7.13. The van der Waals surface area contributed by atoms with Gasteiger partial charge in [0.1, 0.15) is 11.5 Å². The first kappa shape index (κ1) is 19.6. The highest BCUT2D eigenvalue weighted by Crippen LogP contribution is 2.26. The summed E-state index contributed by atoms with van der Waals surface area (Å²) in [6, 6.07) is 5.79. The second-order valence-corrected chi connectivity index (χ2v) is 7.13. The Morgan fingerprint density at radius 3 is 2.48 bits per heavy atom. The molecule has 5 heteroatoms. The highest BCUT2D eigenvalue weighted by molar-refractivity contribution is 5.78. The highest BCUT2D eigenvalue weighted by Gasteiger charge is 2.19. The van der Waals surface area contributed by atoms with Crippen molar-refractivity contribution in [2.75, 3.05) is 41.4 Å². The number of rotatable bonds is 8. The predicted molar refractivity (Wildman–Crippen MR) is 100 cm³/mol. The van der Waals surface area contributed by atoms with E-state index in [1.54, 1.807) is 14.2 Å². The van der Waals surface area contributed by atoms with E-state index >= 15 is 0 Å². The molecule has 1 aromatic carbocycles. The maximum absolute atomic E-state index is 12.5. The number of carbonyl (C=O) groups is 1. The van der Waals surface area contributed by atoms with Crippen LogP contribution in [0.1, 0.15) is 37.7 Å². The highest BCUT2D eigenvalue weighted by atomic mass is 16.5. The SMILES string of the molecule is COc1ccc(CN(C)CC(=O)N(C)CC2CCCCC2)c(OC)c1. The summed E-state index contributed by atoms with van der Waals surface area (Å²) in [5.74, 6) is 2.41. The lowest BCUT2D eigenvalue weighted by molar-refractivity contribution is -0.131. The predicted octanol–water partition coefficient (Wildman–Crippen LogP) is 3.17. The van der Waals surface area contributed by atoms with Crippen molar-refractivity contribution in [3.05, 3.63) is 23.8 Å². The van der Waals surface area contributed by atoms with Gasteiger partial charge in [-0.2, -0.15) is 0 Å².